The molecule has 27 heavy (non-hydrogen) atoms. The van der Waals surface area contributed by atoms with Gasteiger partial charge in [0.05, 0.1) is 5.75 Å². The fraction of sp³-hybridized carbons (Fsp3) is 0.353. The van der Waals surface area contributed by atoms with Gasteiger partial charge in [0, 0.05) is 24.8 Å². The smallest absolute Gasteiger partial charge is 0.251 e. The van der Waals surface area contributed by atoms with Gasteiger partial charge in [0.25, 0.3) is 5.91 Å². The highest BCUT2D eigenvalue weighted by Gasteiger charge is 2.16. The van der Waals surface area contributed by atoms with Gasteiger partial charge in [0.15, 0.2) is 5.16 Å². The van der Waals surface area contributed by atoms with Gasteiger partial charge in [-0.2, -0.15) is 0 Å². The Balaban J connectivity index is 1.85. The second kappa shape index (κ2) is 9.72. The number of thioether (sulfide) groups is 1. The predicted octanol–water partition coefficient (Wildman–Crippen LogP) is 0.800. The standard InChI is InChI=1S/C17H22N6O3S/c1-4-18-15(25)11(2)20-16(26)12-5-7-13(8-6-12)21-14(24)9-27-17-22-19-10-23(17)3/h5-8,10-11H,4,9H2,1-3H3,(H,18,25)(H,20,26)(H,21,24)/t11-/m0/s1. The molecule has 0 aliphatic carbocycles. The van der Waals surface area contributed by atoms with Gasteiger partial charge in [0.1, 0.15) is 12.4 Å². The van der Waals surface area contributed by atoms with Crippen LogP contribution in [0.3, 0.4) is 0 Å². The molecule has 0 unspecified atom stereocenters. The Bertz CT molecular complexity index is 805. The van der Waals surface area contributed by atoms with Crippen molar-refractivity contribution in [1.29, 1.82) is 0 Å². The first-order valence-corrected chi connectivity index (χ1v) is 9.34. The normalized spacial score (nSPS) is 11.5. The van der Waals surface area contributed by atoms with E-state index in [1.165, 1.54) is 11.8 Å². The Morgan fingerprint density at radius 3 is 2.52 bits per heavy atom. The van der Waals surface area contributed by atoms with Crippen molar-refractivity contribution in [3.05, 3.63) is 36.2 Å². The number of carbonyl (C=O) groups is 3. The highest BCUT2D eigenvalue weighted by Crippen LogP contribution is 2.15. The van der Waals surface area contributed by atoms with Gasteiger partial charge >= 0.3 is 0 Å². The number of amides is 3. The maximum absolute atomic E-state index is 12.2. The van der Waals surface area contributed by atoms with Gasteiger partial charge in [0.2, 0.25) is 11.8 Å². The van der Waals surface area contributed by atoms with Crippen LogP contribution in [0.15, 0.2) is 35.7 Å². The molecule has 0 saturated carbocycles. The summed E-state index contributed by atoms with van der Waals surface area (Å²) in [6, 6.07) is 5.82. The highest BCUT2D eigenvalue weighted by atomic mass is 32.2. The van der Waals surface area contributed by atoms with Gasteiger partial charge in [-0.25, -0.2) is 0 Å². The van der Waals surface area contributed by atoms with Crippen molar-refractivity contribution in [3.8, 4) is 0 Å². The lowest BCUT2D eigenvalue weighted by Gasteiger charge is -2.13. The first kappa shape index (κ1) is 20.4. The van der Waals surface area contributed by atoms with Crippen LogP contribution in [0.5, 0.6) is 0 Å². The SMILES string of the molecule is CCNC(=O)[C@H](C)NC(=O)c1ccc(NC(=O)CSc2nncn2C)cc1. The predicted molar refractivity (Wildman–Crippen MR) is 102 cm³/mol. The number of rotatable bonds is 8. The van der Waals surface area contributed by atoms with E-state index in [0.29, 0.717) is 23.0 Å². The molecule has 1 heterocycles. The monoisotopic (exact) mass is 390 g/mol. The van der Waals surface area contributed by atoms with Gasteiger partial charge in [-0.05, 0) is 38.1 Å². The lowest BCUT2D eigenvalue weighted by molar-refractivity contribution is -0.122. The van der Waals surface area contributed by atoms with E-state index in [0.717, 1.165) is 0 Å². The lowest BCUT2D eigenvalue weighted by Crippen LogP contribution is -2.44. The molecule has 3 N–H and O–H groups in total. The number of nitrogens with zero attached hydrogens (tertiary/aromatic N) is 3. The molecule has 3 amide bonds. The van der Waals surface area contributed by atoms with Crippen molar-refractivity contribution in [3.63, 3.8) is 0 Å². The van der Waals surface area contributed by atoms with E-state index in [1.54, 1.807) is 49.1 Å². The number of aromatic nitrogens is 3. The summed E-state index contributed by atoms with van der Waals surface area (Å²) < 4.78 is 1.73. The number of hydrogen-bond acceptors (Lipinski definition) is 6. The molecule has 0 radical (unpaired) electrons. The molecule has 2 rings (SSSR count). The molecule has 0 aliphatic heterocycles. The maximum atomic E-state index is 12.2. The second-order valence-corrected chi connectivity index (χ2v) is 6.67. The van der Waals surface area contributed by atoms with Crippen molar-refractivity contribution in [2.75, 3.05) is 17.6 Å². The van der Waals surface area contributed by atoms with Crippen LogP contribution >= 0.6 is 11.8 Å². The fourth-order valence-corrected chi connectivity index (χ4v) is 2.80. The number of carbonyl (C=O) groups excluding carboxylic acids is 3. The van der Waals surface area contributed by atoms with Gasteiger partial charge < -0.3 is 20.5 Å². The summed E-state index contributed by atoms with van der Waals surface area (Å²) in [5, 5.41) is 16.3. The third-order valence-electron chi connectivity index (χ3n) is 3.52. The first-order chi connectivity index (χ1) is 12.9. The molecule has 0 spiro atoms. The Hall–Kier alpha value is -2.88. The van der Waals surface area contributed by atoms with E-state index >= 15 is 0 Å². The number of nitrogens with one attached hydrogen (secondary N) is 3. The molecule has 1 aromatic carbocycles. The minimum atomic E-state index is -0.630. The third-order valence-corrected chi connectivity index (χ3v) is 4.56. The summed E-state index contributed by atoms with van der Waals surface area (Å²) in [6.45, 7) is 3.93. The van der Waals surface area contributed by atoms with E-state index in [2.05, 4.69) is 26.1 Å². The Morgan fingerprint density at radius 2 is 1.93 bits per heavy atom. The van der Waals surface area contributed by atoms with Crippen LogP contribution in [0.2, 0.25) is 0 Å². The third kappa shape index (κ3) is 6.10. The Kier molecular flexibility index (Phi) is 7.35. The van der Waals surface area contributed by atoms with E-state index in [1.807, 2.05) is 6.92 Å². The average Bonchev–Trinajstić information content (AvgIpc) is 3.05. The van der Waals surface area contributed by atoms with Crippen LogP contribution in [0.1, 0.15) is 24.2 Å². The number of hydrogen-bond donors (Lipinski definition) is 3. The number of aryl methyl sites for hydroxylation is 1. The van der Waals surface area contributed by atoms with E-state index in [9.17, 15) is 14.4 Å². The molecule has 2 aromatic rings. The molecule has 0 bridgehead atoms. The molecular formula is C17H22N6O3S. The summed E-state index contributed by atoms with van der Waals surface area (Å²) in [5.41, 5.74) is 0.976. The highest BCUT2D eigenvalue weighted by molar-refractivity contribution is 7.99. The quantitative estimate of drug-likeness (QED) is 0.574. The zero-order valence-corrected chi connectivity index (χ0v) is 16.2. The van der Waals surface area contributed by atoms with Crippen LogP contribution in [0.4, 0.5) is 5.69 Å². The molecule has 0 fully saturated rings. The summed E-state index contributed by atoms with van der Waals surface area (Å²) in [6.07, 6.45) is 1.57. The van der Waals surface area contributed by atoms with E-state index in [-0.39, 0.29) is 23.5 Å². The van der Waals surface area contributed by atoms with Crippen molar-refractivity contribution in [2.45, 2.75) is 25.0 Å². The second-order valence-electron chi connectivity index (χ2n) is 5.73. The van der Waals surface area contributed by atoms with Crippen LogP contribution in [-0.4, -0.2) is 50.8 Å². The van der Waals surface area contributed by atoms with Crippen molar-refractivity contribution >= 4 is 35.2 Å². The number of anilines is 1. The van der Waals surface area contributed by atoms with Crippen molar-refractivity contribution in [1.82, 2.24) is 25.4 Å². The van der Waals surface area contributed by atoms with Gasteiger partial charge in [-0.15, -0.1) is 10.2 Å². The largest absolute Gasteiger partial charge is 0.355 e. The van der Waals surface area contributed by atoms with Crippen LogP contribution in [-0.2, 0) is 16.6 Å². The van der Waals surface area contributed by atoms with Gasteiger partial charge in [-0.3, -0.25) is 14.4 Å². The number of likely N-dealkylation sites (N-methyl/N-ethyl adjacent to an activating group) is 1. The molecular weight excluding hydrogens is 368 g/mol. The summed E-state index contributed by atoms with van der Waals surface area (Å²) in [7, 11) is 1.80. The molecule has 0 saturated heterocycles. The Morgan fingerprint density at radius 1 is 1.22 bits per heavy atom. The van der Waals surface area contributed by atoms with Gasteiger partial charge in [-0.1, -0.05) is 11.8 Å². The maximum Gasteiger partial charge on any atom is 0.251 e. The molecule has 0 aliphatic rings. The van der Waals surface area contributed by atoms with Crippen LogP contribution < -0.4 is 16.0 Å². The van der Waals surface area contributed by atoms with Crippen molar-refractivity contribution in [2.24, 2.45) is 7.05 Å². The minimum absolute atomic E-state index is 0.190. The van der Waals surface area contributed by atoms with Crippen LogP contribution in [0.25, 0.3) is 0 Å². The molecule has 1 atom stereocenters. The number of benzene rings is 1. The minimum Gasteiger partial charge on any atom is -0.355 e. The van der Waals surface area contributed by atoms with E-state index in [4.69, 9.17) is 0 Å². The molecule has 144 valence electrons. The average molecular weight is 390 g/mol. The lowest BCUT2D eigenvalue weighted by atomic mass is 10.1. The first-order valence-electron chi connectivity index (χ1n) is 8.36. The van der Waals surface area contributed by atoms with Crippen LogP contribution in [0, 0.1) is 0 Å². The zero-order valence-electron chi connectivity index (χ0n) is 15.4. The van der Waals surface area contributed by atoms with E-state index < -0.39 is 6.04 Å². The Labute approximate surface area is 161 Å². The summed E-state index contributed by atoms with van der Waals surface area (Å²) >= 11 is 1.28. The fourth-order valence-electron chi connectivity index (χ4n) is 2.11. The van der Waals surface area contributed by atoms with Crippen molar-refractivity contribution < 1.29 is 14.4 Å². The summed E-state index contributed by atoms with van der Waals surface area (Å²) in [4.78, 5) is 35.8. The molecule has 1 aromatic heterocycles. The molecule has 9 nitrogen and oxygen atoms in total. The topological polar surface area (TPSA) is 118 Å². The summed E-state index contributed by atoms with van der Waals surface area (Å²) in [5.74, 6) is -0.594. The molecule has 10 heteroatoms. The zero-order chi connectivity index (χ0) is 19.8.